The highest BCUT2D eigenvalue weighted by Crippen LogP contribution is 2.22. The molecule has 0 aliphatic carbocycles. The number of ether oxygens (including phenoxy) is 1. The third kappa shape index (κ3) is 3.62. The summed E-state index contributed by atoms with van der Waals surface area (Å²) in [6, 6.07) is 6.78. The first kappa shape index (κ1) is 13.7. The van der Waals surface area contributed by atoms with E-state index >= 15 is 0 Å². The number of halogens is 2. The minimum Gasteiger partial charge on any atom is -0.485 e. The number of rotatable bonds is 5. The molecule has 0 aliphatic heterocycles. The van der Waals surface area contributed by atoms with Crippen molar-refractivity contribution in [1.29, 1.82) is 0 Å². The summed E-state index contributed by atoms with van der Waals surface area (Å²) in [4.78, 5) is 22.8. The van der Waals surface area contributed by atoms with Gasteiger partial charge in [-0.2, -0.15) is 0 Å². The minimum absolute atomic E-state index is 0.137. The normalized spacial score (nSPS) is 10.2. The second-order valence-corrected chi connectivity index (χ2v) is 5.37. The van der Waals surface area contributed by atoms with Crippen LogP contribution in [-0.2, 0) is 0 Å². The lowest BCUT2D eigenvalue weighted by molar-refractivity contribution is 0.0925. The van der Waals surface area contributed by atoms with Gasteiger partial charge < -0.3 is 4.74 Å². The van der Waals surface area contributed by atoms with Crippen LogP contribution in [0.5, 0.6) is 5.75 Å². The van der Waals surface area contributed by atoms with Gasteiger partial charge in [0.15, 0.2) is 6.61 Å². The predicted octanol–water partition coefficient (Wildman–Crippen LogP) is 3.61. The molecule has 3 nitrogen and oxygen atoms in total. The van der Waals surface area contributed by atoms with E-state index in [9.17, 15) is 14.0 Å². The molecule has 2 aromatic rings. The zero-order valence-electron chi connectivity index (χ0n) is 9.56. The van der Waals surface area contributed by atoms with Crippen LogP contribution in [-0.4, -0.2) is 18.7 Å². The van der Waals surface area contributed by atoms with Crippen LogP contribution in [0.15, 0.2) is 30.3 Å². The Bertz CT molecular complexity index is 624. The van der Waals surface area contributed by atoms with Crippen molar-refractivity contribution in [3.63, 3.8) is 0 Å². The van der Waals surface area contributed by atoms with Gasteiger partial charge in [-0.15, -0.1) is 11.3 Å². The van der Waals surface area contributed by atoms with E-state index in [0.717, 1.165) is 23.5 Å². The lowest BCUT2D eigenvalue weighted by Gasteiger charge is -2.05. The molecule has 1 aromatic heterocycles. The summed E-state index contributed by atoms with van der Waals surface area (Å²) in [7, 11) is 0. The molecule has 0 unspecified atom stereocenters. The average molecular weight is 299 g/mol. The van der Waals surface area contributed by atoms with Crippen molar-refractivity contribution in [2.75, 3.05) is 6.61 Å². The number of ketones is 1. The Labute approximate surface area is 117 Å². The van der Waals surface area contributed by atoms with E-state index in [4.69, 9.17) is 16.3 Å². The minimum atomic E-state index is -0.591. The molecule has 0 N–H and O–H groups in total. The Morgan fingerprint density at radius 2 is 2.16 bits per heavy atom. The highest BCUT2D eigenvalue weighted by atomic mass is 35.5. The third-order valence-corrected chi connectivity index (χ3v) is 3.52. The van der Waals surface area contributed by atoms with E-state index in [-0.39, 0.29) is 23.7 Å². The number of hydrogen-bond donors (Lipinski definition) is 0. The van der Waals surface area contributed by atoms with Gasteiger partial charge >= 0.3 is 0 Å². The molecule has 0 saturated carbocycles. The number of Topliss-reactive ketones (excluding diaryl/α,β-unsaturated/α-hetero) is 1. The fourth-order valence-corrected chi connectivity index (χ4v) is 2.39. The molecule has 0 atom stereocenters. The van der Waals surface area contributed by atoms with Crippen LogP contribution in [0.4, 0.5) is 4.39 Å². The van der Waals surface area contributed by atoms with Crippen molar-refractivity contribution >= 4 is 35.0 Å². The fourth-order valence-electron chi connectivity index (χ4n) is 1.42. The summed E-state index contributed by atoms with van der Waals surface area (Å²) in [6.45, 7) is -0.238. The molecule has 1 aromatic carbocycles. The van der Waals surface area contributed by atoms with E-state index in [2.05, 4.69) is 0 Å². The maximum atomic E-state index is 13.1. The van der Waals surface area contributed by atoms with Gasteiger partial charge in [-0.25, -0.2) is 4.39 Å². The van der Waals surface area contributed by atoms with Gasteiger partial charge in [-0.3, -0.25) is 9.59 Å². The topological polar surface area (TPSA) is 43.4 Å². The quantitative estimate of drug-likeness (QED) is 0.625. The molecule has 0 spiro atoms. The second kappa shape index (κ2) is 5.95. The Hall–Kier alpha value is -1.72. The largest absolute Gasteiger partial charge is 0.485 e. The van der Waals surface area contributed by atoms with Gasteiger partial charge in [0.25, 0.3) is 0 Å². The van der Waals surface area contributed by atoms with Crippen molar-refractivity contribution in [2.24, 2.45) is 0 Å². The van der Waals surface area contributed by atoms with Crippen molar-refractivity contribution in [1.82, 2.24) is 0 Å². The Morgan fingerprint density at radius 3 is 2.79 bits per heavy atom. The number of carbonyl (C=O) groups excluding carboxylic acids is 2. The summed E-state index contributed by atoms with van der Waals surface area (Å²) in [5.74, 6) is -0.710. The van der Waals surface area contributed by atoms with Gasteiger partial charge in [0.1, 0.15) is 17.9 Å². The zero-order valence-corrected chi connectivity index (χ0v) is 11.1. The molecule has 0 radical (unpaired) electrons. The second-order valence-electron chi connectivity index (χ2n) is 3.65. The fraction of sp³-hybridized carbons (Fsp3) is 0.0769. The van der Waals surface area contributed by atoms with Crippen LogP contribution in [0, 0.1) is 5.82 Å². The Morgan fingerprint density at radius 1 is 1.37 bits per heavy atom. The maximum Gasteiger partial charge on any atom is 0.210 e. The van der Waals surface area contributed by atoms with Crippen molar-refractivity contribution in [3.05, 3.63) is 50.9 Å². The number of benzene rings is 1. The summed E-state index contributed by atoms with van der Waals surface area (Å²) in [5.41, 5.74) is 0.154. The molecular formula is C13H8ClFO3S. The van der Waals surface area contributed by atoms with Crippen LogP contribution >= 0.6 is 22.9 Å². The van der Waals surface area contributed by atoms with Crippen molar-refractivity contribution in [3.8, 4) is 5.75 Å². The summed E-state index contributed by atoms with van der Waals surface area (Å²) in [5, 5.41) is 0. The Balaban J connectivity index is 2.04. The van der Waals surface area contributed by atoms with E-state index in [1.54, 1.807) is 12.1 Å². The highest BCUT2D eigenvalue weighted by Gasteiger charge is 2.10. The summed E-state index contributed by atoms with van der Waals surface area (Å²) >= 11 is 6.87. The van der Waals surface area contributed by atoms with Crippen LogP contribution < -0.4 is 4.74 Å². The number of aldehydes is 1. The van der Waals surface area contributed by atoms with Gasteiger partial charge in [0, 0.05) is 11.6 Å². The Kier molecular flexibility index (Phi) is 4.29. The van der Waals surface area contributed by atoms with Crippen molar-refractivity contribution in [2.45, 2.75) is 0 Å². The monoisotopic (exact) mass is 298 g/mol. The van der Waals surface area contributed by atoms with Crippen LogP contribution in [0.25, 0.3) is 0 Å². The highest BCUT2D eigenvalue weighted by molar-refractivity contribution is 7.18. The molecule has 0 saturated heterocycles. The first-order chi connectivity index (χ1) is 9.08. The standard InChI is InChI=1S/C13H8ClFO3S/c14-13-2-1-12(19-13)11(17)7-18-10-4-8(6-16)3-9(15)5-10/h1-6H,7H2. The van der Waals surface area contributed by atoms with Gasteiger partial charge in [0.05, 0.1) is 9.21 Å². The van der Waals surface area contributed by atoms with E-state index in [1.807, 2.05) is 0 Å². The molecule has 0 bridgehead atoms. The van der Waals surface area contributed by atoms with Crippen LogP contribution in [0.2, 0.25) is 4.34 Å². The van der Waals surface area contributed by atoms with Crippen molar-refractivity contribution < 1.29 is 18.7 Å². The maximum absolute atomic E-state index is 13.1. The predicted molar refractivity (Wildman–Crippen MR) is 70.9 cm³/mol. The molecule has 0 fully saturated rings. The zero-order chi connectivity index (χ0) is 13.8. The van der Waals surface area contributed by atoms with Crippen LogP contribution in [0.1, 0.15) is 20.0 Å². The molecule has 98 valence electrons. The SMILES string of the molecule is O=Cc1cc(F)cc(OCC(=O)c2ccc(Cl)s2)c1. The number of hydrogen-bond acceptors (Lipinski definition) is 4. The molecule has 2 rings (SSSR count). The van der Waals surface area contributed by atoms with E-state index in [1.165, 1.54) is 6.07 Å². The van der Waals surface area contributed by atoms with Gasteiger partial charge in [0.2, 0.25) is 5.78 Å². The third-order valence-electron chi connectivity index (χ3n) is 2.25. The first-order valence-corrected chi connectivity index (χ1v) is 6.45. The van der Waals surface area contributed by atoms with Gasteiger partial charge in [-0.1, -0.05) is 11.6 Å². The first-order valence-electron chi connectivity index (χ1n) is 5.25. The van der Waals surface area contributed by atoms with Crippen LogP contribution in [0.3, 0.4) is 0 Å². The molecule has 0 aliphatic rings. The smallest absolute Gasteiger partial charge is 0.210 e. The summed E-state index contributed by atoms with van der Waals surface area (Å²) in [6.07, 6.45) is 0.511. The van der Waals surface area contributed by atoms with Gasteiger partial charge in [-0.05, 0) is 24.3 Å². The number of carbonyl (C=O) groups is 2. The lowest BCUT2D eigenvalue weighted by atomic mass is 10.2. The van der Waals surface area contributed by atoms with E-state index in [0.29, 0.717) is 15.5 Å². The molecular weight excluding hydrogens is 291 g/mol. The average Bonchev–Trinajstić information content (AvgIpc) is 2.82. The lowest BCUT2D eigenvalue weighted by Crippen LogP contribution is -2.10. The molecule has 19 heavy (non-hydrogen) atoms. The van der Waals surface area contributed by atoms with E-state index < -0.39 is 5.82 Å². The molecule has 6 heteroatoms. The molecule has 0 amide bonds. The number of thiophene rings is 1. The summed E-state index contributed by atoms with van der Waals surface area (Å²) < 4.78 is 18.8. The molecule has 1 heterocycles.